The highest BCUT2D eigenvalue weighted by Gasteiger charge is 2.11. The summed E-state index contributed by atoms with van der Waals surface area (Å²) in [6.07, 6.45) is 4.15. The Balaban J connectivity index is 2.16. The summed E-state index contributed by atoms with van der Waals surface area (Å²) in [5, 5.41) is 2.64. The number of carbonyl (C=O) groups is 1. The summed E-state index contributed by atoms with van der Waals surface area (Å²) in [5.74, 6) is 0.0861. The Kier molecular flexibility index (Phi) is 2.53. The molecule has 0 heterocycles. The summed E-state index contributed by atoms with van der Waals surface area (Å²) in [5.41, 5.74) is 4.03. The van der Waals surface area contributed by atoms with Crippen LogP contribution in [0.15, 0.2) is 18.2 Å². The number of fused-ring (bicyclic) bond motifs is 1. The van der Waals surface area contributed by atoms with E-state index in [9.17, 15) is 4.79 Å². The van der Waals surface area contributed by atoms with Gasteiger partial charge < -0.3 is 5.32 Å². The van der Waals surface area contributed by atoms with E-state index in [-0.39, 0.29) is 5.91 Å². The highest BCUT2D eigenvalue weighted by atomic mass is 16.1. The molecule has 0 aromatic heterocycles. The van der Waals surface area contributed by atoms with E-state index in [1.54, 1.807) is 7.05 Å². The fourth-order valence-electron chi connectivity index (χ4n) is 2.01. The lowest BCUT2D eigenvalue weighted by Gasteiger charge is -2.03. The first kappa shape index (κ1) is 9.25. The summed E-state index contributed by atoms with van der Waals surface area (Å²) < 4.78 is 0. The Morgan fingerprint density at radius 1 is 1.36 bits per heavy atom. The molecule has 2 nitrogen and oxygen atoms in total. The highest BCUT2D eigenvalue weighted by Crippen LogP contribution is 2.22. The van der Waals surface area contributed by atoms with Crippen LogP contribution in [-0.2, 0) is 24.1 Å². The molecule has 0 saturated heterocycles. The number of likely N-dealkylation sites (N-methyl/N-ethyl adjacent to an activating group) is 1. The molecule has 1 aliphatic rings. The van der Waals surface area contributed by atoms with Crippen LogP contribution in [0, 0.1) is 0 Å². The topological polar surface area (TPSA) is 29.1 Å². The number of benzene rings is 1. The third-order valence-electron chi connectivity index (χ3n) is 2.81. The summed E-state index contributed by atoms with van der Waals surface area (Å²) in [4.78, 5) is 11.2. The van der Waals surface area contributed by atoms with Crippen LogP contribution >= 0.6 is 0 Å². The molecule has 0 radical (unpaired) electrons. The maximum atomic E-state index is 11.2. The van der Waals surface area contributed by atoms with E-state index >= 15 is 0 Å². The van der Waals surface area contributed by atoms with Crippen molar-refractivity contribution in [3.63, 3.8) is 0 Å². The average molecular weight is 189 g/mol. The van der Waals surface area contributed by atoms with Gasteiger partial charge in [0.2, 0.25) is 5.91 Å². The second-order valence-corrected chi connectivity index (χ2v) is 3.81. The van der Waals surface area contributed by atoms with Gasteiger partial charge >= 0.3 is 0 Å². The van der Waals surface area contributed by atoms with Crippen LogP contribution in [0.4, 0.5) is 0 Å². The van der Waals surface area contributed by atoms with Crippen LogP contribution in [0.1, 0.15) is 23.1 Å². The van der Waals surface area contributed by atoms with Gasteiger partial charge in [0.05, 0.1) is 6.42 Å². The van der Waals surface area contributed by atoms with E-state index in [0.717, 1.165) is 5.56 Å². The van der Waals surface area contributed by atoms with Crippen molar-refractivity contribution in [2.75, 3.05) is 7.05 Å². The van der Waals surface area contributed by atoms with Gasteiger partial charge in [-0.2, -0.15) is 0 Å². The third-order valence-corrected chi connectivity index (χ3v) is 2.81. The molecule has 1 aliphatic carbocycles. The number of carbonyl (C=O) groups excluding carboxylic acids is 1. The Hall–Kier alpha value is -1.31. The molecule has 2 heteroatoms. The number of aryl methyl sites for hydroxylation is 2. The molecule has 0 atom stereocenters. The first-order valence-electron chi connectivity index (χ1n) is 5.11. The van der Waals surface area contributed by atoms with Crippen molar-refractivity contribution >= 4 is 5.91 Å². The molecule has 1 aromatic carbocycles. The first-order chi connectivity index (χ1) is 6.79. The van der Waals surface area contributed by atoms with Gasteiger partial charge in [0.15, 0.2) is 0 Å². The van der Waals surface area contributed by atoms with Gasteiger partial charge in [0, 0.05) is 7.05 Å². The molecule has 1 N–H and O–H groups in total. The second kappa shape index (κ2) is 3.82. The van der Waals surface area contributed by atoms with Crippen molar-refractivity contribution in [3.8, 4) is 0 Å². The van der Waals surface area contributed by atoms with Crippen LogP contribution < -0.4 is 5.32 Å². The molecule has 14 heavy (non-hydrogen) atoms. The Morgan fingerprint density at radius 2 is 2.14 bits per heavy atom. The maximum Gasteiger partial charge on any atom is 0.224 e. The first-order valence-corrected chi connectivity index (χ1v) is 5.11. The number of hydrogen-bond donors (Lipinski definition) is 1. The second-order valence-electron chi connectivity index (χ2n) is 3.81. The van der Waals surface area contributed by atoms with Gasteiger partial charge in [-0.15, -0.1) is 0 Å². The Labute approximate surface area is 84.3 Å². The van der Waals surface area contributed by atoms with Crippen LogP contribution in [0.5, 0.6) is 0 Å². The van der Waals surface area contributed by atoms with Crippen molar-refractivity contribution in [1.29, 1.82) is 0 Å². The van der Waals surface area contributed by atoms with Gasteiger partial charge in [-0.3, -0.25) is 4.79 Å². The lowest BCUT2D eigenvalue weighted by Crippen LogP contribution is -2.19. The van der Waals surface area contributed by atoms with Gasteiger partial charge in [-0.05, 0) is 36.0 Å². The van der Waals surface area contributed by atoms with Gasteiger partial charge in [-0.1, -0.05) is 18.2 Å². The van der Waals surface area contributed by atoms with Crippen molar-refractivity contribution in [1.82, 2.24) is 5.32 Å². The van der Waals surface area contributed by atoms with Crippen LogP contribution in [0.3, 0.4) is 0 Å². The molecule has 0 aliphatic heterocycles. The maximum absolute atomic E-state index is 11.2. The summed E-state index contributed by atoms with van der Waals surface area (Å²) >= 11 is 0. The SMILES string of the molecule is CNC(=O)Cc1ccc2c(c1)CCC2. The fourth-order valence-corrected chi connectivity index (χ4v) is 2.01. The summed E-state index contributed by atoms with van der Waals surface area (Å²) in [6.45, 7) is 0. The number of amides is 1. The van der Waals surface area contributed by atoms with Crippen LogP contribution in [-0.4, -0.2) is 13.0 Å². The molecule has 1 aromatic rings. The average Bonchev–Trinajstić information content (AvgIpc) is 2.64. The van der Waals surface area contributed by atoms with Crippen molar-refractivity contribution < 1.29 is 4.79 Å². The molecule has 0 saturated carbocycles. The summed E-state index contributed by atoms with van der Waals surface area (Å²) in [6, 6.07) is 6.41. The van der Waals surface area contributed by atoms with Gasteiger partial charge in [-0.25, -0.2) is 0 Å². The number of hydrogen-bond acceptors (Lipinski definition) is 1. The molecule has 0 bridgehead atoms. The van der Waals surface area contributed by atoms with E-state index in [2.05, 4.69) is 23.5 Å². The Morgan fingerprint density at radius 3 is 2.93 bits per heavy atom. The molecular formula is C12H15NO. The van der Waals surface area contributed by atoms with E-state index in [1.807, 2.05) is 0 Å². The zero-order valence-corrected chi connectivity index (χ0v) is 8.47. The molecular weight excluding hydrogens is 174 g/mol. The molecule has 74 valence electrons. The lowest BCUT2D eigenvalue weighted by molar-refractivity contribution is -0.119. The van der Waals surface area contributed by atoms with Gasteiger partial charge in [0.25, 0.3) is 0 Å². The van der Waals surface area contributed by atoms with Crippen molar-refractivity contribution in [3.05, 3.63) is 34.9 Å². The smallest absolute Gasteiger partial charge is 0.224 e. The Bertz CT molecular complexity index is 357. The molecule has 0 unspecified atom stereocenters. The predicted octanol–water partition coefficient (Wildman–Crippen LogP) is 1.46. The monoisotopic (exact) mass is 189 g/mol. The normalized spacial score (nSPS) is 13.8. The zero-order chi connectivity index (χ0) is 9.97. The van der Waals surface area contributed by atoms with Crippen LogP contribution in [0.2, 0.25) is 0 Å². The molecule has 2 rings (SSSR count). The molecule has 0 fully saturated rings. The van der Waals surface area contributed by atoms with Crippen LogP contribution in [0.25, 0.3) is 0 Å². The van der Waals surface area contributed by atoms with Crippen molar-refractivity contribution in [2.24, 2.45) is 0 Å². The van der Waals surface area contributed by atoms with Crippen molar-refractivity contribution in [2.45, 2.75) is 25.7 Å². The van der Waals surface area contributed by atoms with E-state index in [4.69, 9.17) is 0 Å². The fraction of sp³-hybridized carbons (Fsp3) is 0.417. The standard InChI is InChI=1S/C12H15NO/c1-13-12(14)8-9-5-6-10-3-2-4-11(10)7-9/h5-7H,2-4,8H2,1H3,(H,13,14). The molecule has 0 spiro atoms. The zero-order valence-electron chi connectivity index (χ0n) is 8.47. The minimum absolute atomic E-state index is 0.0861. The minimum atomic E-state index is 0.0861. The highest BCUT2D eigenvalue weighted by molar-refractivity contribution is 5.78. The van der Waals surface area contributed by atoms with E-state index in [0.29, 0.717) is 6.42 Å². The summed E-state index contributed by atoms with van der Waals surface area (Å²) in [7, 11) is 1.68. The number of rotatable bonds is 2. The number of nitrogens with one attached hydrogen (secondary N) is 1. The van der Waals surface area contributed by atoms with Gasteiger partial charge in [0.1, 0.15) is 0 Å². The third kappa shape index (κ3) is 1.79. The quantitative estimate of drug-likeness (QED) is 0.750. The minimum Gasteiger partial charge on any atom is -0.359 e. The predicted molar refractivity (Wildman–Crippen MR) is 56.2 cm³/mol. The van der Waals surface area contributed by atoms with E-state index in [1.165, 1.54) is 30.4 Å². The largest absolute Gasteiger partial charge is 0.359 e. The lowest BCUT2D eigenvalue weighted by atomic mass is 10.0. The van der Waals surface area contributed by atoms with E-state index < -0.39 is 0 Å². The molecule has 1 amide bonds.